The molecule has 0 aliphatic heterocycles. The molecule has 1 rings (SSSR count). The molecule has 0 aromatic carbocycles. The zero-order chi connectivity index (χ0) is 11.3. The molecule has 0 aromatic rings. The second-order valence-corrected chi connectivity index (χ2v) is 5.84. The molecule has 15 heavy (non-hydrogen) atoms. The first kappa shape index (κ1) is 13.0. The summed E-state index contributed by atoms with van der Waals surface area (Å²) in [7, 11) is 0. The first-order valence-corrected chi connectivity index (χ1v) is 6.89. The van der Waals surface area contributed by atoms with E-state index in [0.29, 0.717) is 6.04 Å². The summed E-state index contributed by atoms with van der Waals surface area (Å²) >= 11 is 0. The molecule has 0 spiro atoms. The first-order valence-electron chi connectivity index (χ1n) is 6.89. The van der Waals surface area contributed by atoms with Gasteiger partial charge in [-0.1, -0.05) is 40.0 Å². The van der Waals surface area contributed by atoms with Crippen LogP contribution in [0.4, 0.5) is 0 Å². The van der Waals surface area contributed by atoms with Crippen molar-refractivity contribution >= 4 is 0 Å². The topological polar surface area (TPSA) is 26.0 Å². The van der Waals surface area contributed by atoms with Gasteiger partial charge in [-0.05, 0) is 43.4 Å². The summed E-state index contributed by atoms with van der Waals surface area (Å²) in [5.41, 5.74) is 6.31. The van der Waals surface area contributed by atoms with Crippen LogP contribution in [0.2, 0.25) is 0 Å². The third-order valence-corrected chi connectivity index (χ3v) is 4.08. The van der Waals surface area contributed by atoms with Crippen LogP contribution in [-0.2, 0) is 0 Å². The molecule has 0 aromatic heterocycles. The van der Waals surface area contributed by atoms with Gasteiger partial charge in [-0.2, -0.15) is 0 Å². The minimum Gasteiger partial charge on any atom is -0.327 e. The predicted octanol–water partition coefficient (Wildman–Crippen LogP) is 3.97. The molecule has 3 atom stereocenters. The third kappa shape index (κ3) is 4.55. The Kier molecular flexibility index (Phi) is 5.66. The summed E-state index contributed by atoms with van der Waals surface area (Å²) in [5.74, 6) is 2.60. The van der Waals surface area contributed by atoms with Crippen LogP contribution in [0, 0.1) is 17.8 Å². The van der Waals surface area contributed by atoms with Crippen molar-refractivity contribution in [2.45, 2.75) is 71.8 Å². The average molecular weight is 211 g/mol. The molecule has 1 fully saturated rings. The molecule has 1 aliphatic rings. The van der Waals surface area contributed by atoms with E-state index in [-0.39, 0.29) is 0 Å². The van der Waals surface area contributed by atoms with Crippen LogP contribution in [0.1, 0.15) is 65.7 Å². The van der Waals surface area contributed by atoms with Crippen LogP contribution in [0.15, 0.2) is 0 Å². The lowest BCUT2D eigenvalue weighted by molar-refractivity contribution is 0.219. The Labute approximate surface area is 95.8 Å². The first-order chi connectivity index (χ1) is 7.13. The van der Waals surface area contributed by atoms with Gasteiger partial charge in [-0.25, -0.2) is 0 Å². The Balaban J connectivity index is 2.28. The van der Waals surface area contributed by atoms with Crippen molar-refractivity contribution in [3.8, 4) is 0 Å². The van der Waals surface area contributed by atoms with Crippen LogP contribution in [-0.4, -0.2) is 6.04 Å². The summed E-state index contributed by atoms with van der Waals surface area (Å²) in [4.78, 5) is 0. The van der Waals surface area contributed by atoms with Crippen molar-refractivity contribution < 1.29 is 0 Å². The zero-order valence-electron chi connectivity index (χ0n) is 10.8. The molecule has 1 heteroatoms. The highest BCUT2D eigenvalue weighted by Gasteiger charge is 2.25. The van der Waals surface area contributed by atoms with E-state index < -0.39 is 0 Å². The van der Waals surface area contributed by atoms with Gasteiger partial charge in [-0.3, -0.25) is 0 Å². The molecule has 0 radical (unpaired) electrons. The van der Waals surface area contributed by atoms with Crippen molar-refractivity contribution in [2.24, 2.45) is 23.5 Å². The molecule has 0 saturated heterocycles. The molecule has 0 amide bonds. The fourth-order valence-corrected chi connectivity index (χ4v) is 2.85. The summed E-state index contributed by atoms with van der Waals surface area (Å²) in [5, 5.41) is 0. The largest absolute Gasteiger partial charge is 0.327 e. The maximum absolute atomic E-state index is 6.31. The van der Waals surface area contributed by atoms with Crippen LogP contribution in [0.3, 0.4) is 0 Å². The van der Waals surface area contributed by atoms with Crippen LogP contribution in [0.5, 0.6) is 0 Å². The van der Waals surface area contributed by atoms with E-state index in [1.165, 1.54) is 44.9 Å². The molecule has 1 nitrogen and oxygen atoms in total. The quantitative estimate of drug-likeness (QED) is 0.731. The average Bonchev–Trinajstić information content (AvgIpc) is 2.26. The number of hydrogen-bond acceptors (Lipinski definition) is 1. The number of rotatable bonds is 5. The van der Waals surface area contributed by atoms with Gasteiger partial charge < -0.3 is 5.73 Å². The maximum Gasteiger partial charge on any atom is 0.00673 e. The third-order valence-electron chi connectivity index (χ3n) is 4.08. The molecule has 0 heterocycles. The molecule has 1 saturated carbocycles. The second-order valence-electron chi connectivity index (χ2n) is 5.84. The van der Waals surface area contributed by atoms with Gasteiger partial charge in [0.1, 0.15) is 0 Å². The Morgan fingerprint density at radius 1 is 1.20 bits per heavy atom. The number of nitrogens with two attached hydrogens (primary N) is 1. The van der Waals surface area contributed by atoms with E-state index in [0.717, 1.165) is 17.8 Å². The lowest BCUT2D eigenvalue weighted by Crippen LogP contribution is -2.34. The van der Waals surface area contributed by atoms with E-state index in [1.807, 2.05) is 0 Å². The van der Waals surface area contributed by atoms with Crippen molar-refractivity contribution in [1.82, 2.24) is 0 Å². The van der Waals surface area contributed by atoms with E-state index in [1.54, 1.807) is 0 Å². The van der Waals surface area contributed by atoms with Gasteiger partial charge in [0.05, 0.1) is 0 Å². The fourth-order valence-electron chi connectivity index (χ4n) is 2.85. The van der Waals surface area contributed by atoms with Gasteiger partial charge in [0.15, 0.2) is 0 Å². The van der Waals surface area contributed by atoms with E-state index in [4.69, 9.17) is 5.73 Å². The van der Waals surface area contributed by atoms with Crippen LogP contribution < -0.4 is 5.73 Å². The monoisotopic (exact) mass is 211 g/mol. The predicted molar refractivity (Wildman–Crippen MR) is 67.8 cm³/mol. The van der Waals surface area contributed by atoms with Gasteiger partial charge >= 0.3 is 0 Å². The zero-order valence-corrected chi connectivity index (χ0v) is 10.8. The minimum atomic E-state index is 0.474. The van der Waals surface area contributed by atoms with Crippen molar-refractivity contribution in [3.05, 3.63) is 0 Å². The SMILES string of the molecule is CCC1CCCC(C(N)CCC(C)C)C1. The highest BCUT2D eigenvalue weighted by molar-refractivity contribution is 4.80. The molecule has 2 N–H and O–H groups in total. The smallest absolute Gasteiger partial charge is 0.00673 e. The summed E-state index contributed by atoms with van der Waals surface area (Å²) in [6, 6.07) is 0.474. The second kappa shape index (κ2) is 6.52. The Hall–Kier alpha value is -0.0400. The minimum absolute atomic E-state index is 0.474. The van der Waals surface area contributed by atoms with Gasteiger partial charge in [0.25, 0.3) is 0 Å². The van der Waals surface area contributed by atoms with Gasteiger partial charge in [0.2, 0.25) is 0 Å². The van der Waals surface area contributed by atoms with Crippen LogP contribution in [0.25, 0.3) is 0 Å². The molecule has 3 unspecified atom stereocenters. The summed E-state index contributed by atoms with van der Waals surface area (Å²) in [6.45, 7) is 6.91. The highest BCUT2D eigenvalue weighted by atomic mass is 14.7. The standard InChI is InChI=1S/C14H29N/c1-4-12-6-5-7-13(10-12)14(15)9-8-11(2)3/h11-14H,4-10,15H2,1-3H3. The van der Waals surface area contributed by atoms with Crippen molar-refractivity contribution in [1.29, 1.82) is 0 Å². The normalized spacial score (nSPS) is 29.4. The lowest BCUT2D eigenvalue weighted by Gasteiger charge is -2.32. The molecular formula is C14H29N. The highest BCUT2D eigenvalue weighted by Crippen LogP contribution is 2.33. The lowest BCUT2D eigenvalue weighted by atomic mass is 9.76. The Morgan fingerprint density at radius 3 is 2.53 bits per heavy atom. The van der Waals surface area contributed by atoms with E-state index >= 15 is 0 Å². The Morgan fingerprint density at radius 2 is 1.93 bits per heavy atom. The molecule has 90 valence electrons. The molecule has 1 aliphatic carbocycles. The molecular weight excluding hydrogens is 182 g/mol. The fraction of sp³-hybridized carbons (Fsp3) is 1.00. The van der Waals surface area contributed by atoms with Crippen LogP contribution >= 0.6 is 0 Å². The van der Waals surface area contributed by atoms with E-state index in [9.17, 15) is 0 Å². The molecule has 0 bridgehead atoms. The summed E-state index contributed by atoms with van der Waals surface area (Å²) < 4.78 is 0. The number of hydrogen-bond donors (Lipinski definition) is 1. The van der Waals surface area contributed by atoms with Gasteiger partial charge in [-0.15, -0.1) is 0 Å². The van der Waals surface area contributed by atoms with E-state index in [2.05, 4.69) is 20.8 Å². The maximum atomic E-state index is 6.31. The van der Waals surface area contributed by atoms with Crippen molar-refractivity contribution in [2.75, 3.05) is 0 Å². The Bertz CT molecular complexity index is 165. The van der Waals surface area contributed by atoms with Crippen molar-refractivity contribution in [3.63, 3.8) is 0 Å². The summed E-state index contributed by atoms with van der Waals surface area (Å²) in [6.07, 6.45) is 9.54. The van der Waals surface area contributed by atoms with Gasteiger partial charge in [0, 0.05) is 6.04 Å².